The van der Waals surface area contributed by atoms with Gasteiger partial charge < -0.3 is 10.2 Å². The summed E-state index contributed by atoms with van der Waals surface area (Å²) in [7, 11) is 0. The fourth-order valence-electron chi connectivity index (χ4n) is 2.51. The summed E-state index contributed by atoms with van der Waals surface area (Å²) in [5.74, 6) is 2.06. The smallest absolute Gasteiger partial charge is 0.276 e. The highest BCUT2D eigenvalue weighted by molar-refractivity contribution is 7.99. The van der Waals surface area contributed by atoms with Gasteiger partial charge in [-0.1, -0.05) is 31.5 Å². The van der Waals surface area contributed by atoms with E-state index < -0.39 is 0 Å². The molecular weight excluding hydrogens is 234 g/mol. The van der Waals surface area contributed by atoms with Crippen LogP contribution in [0, 0.1) is 18.8 Å². The summed E-state index contributed by atoms with van der Waals surface area (Å²) in [4.78, 5) is 0. The number of aromatic nitrogens is 2. The number of nitrogens with zero attached hydrogens (tertiary/aromatic N) is 2. The van der Waals surface area contributed by atoms with Gasteiger partial charge in [-0.2, -0.15) is 0 Å². The maximum absolute atomic E-state index is 5.86. The predicted octanol–water partition coefficient (Wildman–Crippen LogP) is 2.62. The lowest BCUT2D eigenvalue weighted by Crippen LogP contribution is -2.32. The molecule has 1 aliphatic rings. The van der Waals surface area contributed by atoms with Gasteiger partial charge in [0.15, 0.2) is 0 Å². The number of rotatable bonds is 4. The van der Waals surface area contributed by atoms with E-state index in [-0.39, 0.29) is 0 Å². The second kappa shape index (κ2) is 5.87. The molecule has 1 heterocycles. The van der Waals surface area contributed by atoms with Crippen LogP contribution in [-0.4, -0.2) is 22.0 Å². The minimum absolute atomic E-state index is 0.540. The lowest BCUT2D eigenvalue weighted by atomic mass is 9.80. The van der Waals surface area contributed by atoms with Crippen LogP contribution in [0.15, 0.2) is 9.64 Å². The van der Waals surface area contributed by atoms with Gasteiger partial charge in [0.2, 0.25) is 5.89 Å². The standard InChI is InChI=1S/C12H21N3OS/c1-3-9-4-5-10(7-13)11(6-9)17-12-15-14-8(2)16-12/h9-11H,3-7,13H2,1-2H3. The molecule has 3 atom stereocenters. The fraction of sp³-hybridized carbons (Fsp3) is 0.833. The molecule has 1 aromatic heterocycles. The molecule has 4 nitrogen and oxygen atoms in total. The highest BCUT2D eigenvalue weighted by Crippen LogP contribution is 2.40. The van der Waals surface area contributed by atoms with Crippen molar-refractivity contribution in [2.45, 2.75) is 50.0 Å². The molecule has 1 aliphatic carbocycles. The molecule has 0 bridgehead atoms. The van der Waals surface area contributed by atoms with E-state index in [1.807, 2.05) is 6.92 Å². The second-order valence-electron chi connectivity index (χ2n) is 4.83. The van der Waals surface area contributed by atoms with Crippen molar-refractivity contribution in [2.24, 2.45) is 17.6 Å². The SMILES string of the molecule is CCC1CCC(CN)C(Sc2nnc(C)o2)C1. The average Bonchev–Trinajstić information content (AvgIpc) is 2.74. The quantitative estimate of drug-likeness (QED) is 0.896. The molecule has 3 unspecified atom stereocenters. The number of hydrogen-bond donors (Lipinski definition) is 1. The number of aryl methyl sites for hydroxylation is 1. The van der Waals surface area contributed by atoms with Crippen molar-refractivity contribution < 1.29 is 4.42 Å². The molecule has 2 rings (SSSR count). The van der Waals surface area contributed by atoms with Crippen LogP contribution in [0.25, 0.3) is 0 Å². The Morgan fingerprint density at radius 2 is 2.24 bits per heavy atom. The van der Waals surface area contributed by atoms with Gasteiger partial charge in [0, 0.05) is 12.2 Å². The Morgan fingerprint density at radius 1 is 1.41 bits per heavy atom. The molecule has 0 aliphatic heterocycles. The van der Waals surface area contributed by atoms with Crippen LogP contribution in [-0.2, 0) is 0 Å². The van der Waals surface area contributed by atoms with Crippen LogP contribution in [0.1, 0.15) is 38.5 Å². The first-order chi connectivity index (χ1) is 8.22. The van der Waals surface area contributed by atoms with Gasteiger partial charge in [-0.05, 0) is 31.2 Å². The molecule has 2 N–H and O–H groups in total. The third-order valence-corrected chi connectivity index (χ3v) is 4.92. The Labute approximate surface area is 107 Å². The zero-order valence-electron chi connectivity index (χ0n) is 10.6. The van der Waals surface area contributed by atoms with Crippen molar-refractivity contribution in [1.82, 2.24) is 10.2 Å². The Kier molecular flexibility index (Phi) is 4.45. The van der Waals surface area contributed by atoms with E-state index >= 15 is 0 Å². The van der Waals surface area contributed by atoms with E-state index in [1.54, 1.807) is 11.8 Å². The fourth-order valence-corrected chi connectivity index (χ4v) is 3.84. The zero-order chi connectivity index (χ0) is 12.3. The Balaban J connectivity index is 2.00. The van der Waals surface area contributed by atoms with Gasteiger partial charge in [-0.25, -0.2) is 0 Å². The predicted molar refractivity (Wildman–Crippen MR) is 68.9 cm³/mol. The van der Waals surface area contributed by atoms with E-state index in [2.05, 4.69) is 17.1 Å². The van der Waals surface area contributed by atoms with E-state index in [9.17, 15) is 0 Å². The normalized spacial score (nSPS) is 29.5. The number of nitrogens with two attached hydrogens (primary N) is 1. The van der Waals surface area contributed by atoms with Gasteiger partial charge in [-0.3, -0.25) is 0 Å². The third-order valence-electron chi connectivity index (χ3n) is 3.68. The summed E-state index contributed by atoms with van der Waals surface area (Å²) in [5.41, 5.74) is 5.86. The summed E-state index contributed by atoms with van der Waals surface area (Å²) < 4.78 is 5.45. The Bertz CT molecular complexity index is 355. The summed E-state index contributed by atoms with van der Waals surface area (Å²) in [6, 6.07) is 0. The summed E-state index contributed by atoms with van der Waals surface area (Å²) in [6.07, 6.45) is 5.04. The topological polar surface area (TPSA) is 64.9 Å². The van der Waals surface area contributed by atoms with Gasteiger partial charge >= 0.3 is 0 Å². The van der Waals surface area contributed by atoms with Gasteiger partial charge in [-0.15, -0.1) is 10.2 Å². The Hall–Kier alpha value is -0.550. The summed E-state index contributed by atoms with van der Waals surface area (Å²) in [6.45, 7) is 4.86. The number of hydrogen-bond acceptors (Lipinski definition) is 5. The largest absolute Gasteiger partial charge is 0.416 e. The van der Waals surface area contributed by atoms with Crippen molar-refractivity contribution in [3.63, 3.8) is 0 Å². The molecule has 1 fully saturated rings. The maximum Gasteiger partial charge on any atom is 0.276 e. The molecule has 96 valence electrons. The second-order valence-corrected chi connectivity index (χ2v) is 6.02. The molecule has 17 heavy (non-hydrogen) atoms. The minimum atomic E-state index is 0.540. The lowest BCUT2D eigenvalue weighted by Gasteiger charge is -2.33. The van der Waals surface area contributed by atoms with Crippen LogP contribution in [0.4, 0.5) is 0 Å². The minimum Gasteiger partial charge on any atom is -0.416 e. The van der Waals surface area contributed by atoms with Gasteiger partial charge in [0.05, 0.1) is 0 Å². The molecule has 0 radical (unpaired) electrons. The highest BCUT2D eigenvalue weighted by atomic mass is 32.2. The van der Waals surface area contributed by atoms with Crippen molar-refractivity contribution in [2.75, 3.05) is 6.54 Å². The van der Waals surface area contributed by atoms with Crippen molar-refractivity contribution in [1.29, 1.82) is 0 Å². The molecule has 0 aromatic carbocycles. The van der Waals surface area contributed by atoms with Gasteiger partial charge in [0.1, 0.15) is 0 Å². The lowest BCUT2D eigenvalue weighted by molar-refractivity contribution is 0.282. The molecule has 1 saturated carbocycles. The zero-order valence-corrected chi connectivity index (χ0v) is 11.4. The van der Waals surface area contributed by atoms with Crippen molar-refractivity contribution in [3.05, 3.63) is 5.89 Å². The Morgan fingerprint density at radius 3 is 2.82 bits per heavy atom. The monoisotopic (exact) mass is 255 g/mol. The van der Waals surface area contributed by atoms with Gasteiger partial charge in [0.25, 0.3) is 5.22 Å². The van der Waals surface area contributed by atoms with Crippen molar-refractivity contribution >= 4 is 11.8 Å². The van der Waals surface area contributed by atoms with Crippen LogP contribution >= 0.6 is 11.8 Å². The molecule has 0 saturated heterocycles. The maximum atomic E-state index is 5.86. The van der Waals surface area contributed by atoms with Crippen molar-refractivity contribution in [3.8, 4) is 0 Å². The van der Waals surface area contributed by atoms with E-state index in [4.69, 9.17) is 10.2 Å². The van der Waals surface area contributed by atoms with Crippen LogP contribution in [0.3, 0.4) is 0 Å². The van der Waals surface area contributed by atoms with E-state index in [1.165, 1.54) is 25.7 Å². The summed E-state index contributed by atoms with van der Waals surface area (Å²) in [5, 5.41) is 9.18. The molecule has 0 spiro atoms. The summed E-state index contributed by atoms with van der Waals surface area (Å²) >= 11 is 1.72. The van der Waals surface area contributed by atoms with Crippen LogP contribution in [0.5, 0.6) is 0 Å². The van der Waals surface area contributed by atoms with Crippen LogP contribution in [0.2, 0.25) is 0 Å². The highest BCUT2D eigenvalue weighted by Gasteiger charge is 2.30. The number of thioether (sulfide) groups is 1. The average molecular weight is 255 g/mol. The van der Waals surface area contributed by atoms with Crippen LogP contribution < -0.4 is 5.73 Å². The first kappa shape index (κ1) is 12.9. The molecule has 5 heteroatoms. The van der Waals surface area contributed by atoms with E-state index in [0.29, 0.717) is 22.3 Å². The first-order valence-corrected chi connectivity index (χ1v) is 7.27. The molecule has 0 amide bonds. The first-order valence-electron chi connectivity index (χ1n) is 6.39. The molecular formula is C12H21N3OS. The third kappa shape index (κ3) is 3.22. The van der Waals surface area contributed by atoms with E-state index in [0.717, 1.165) is 12.5 Å². The molecule has 1 aromatic rings.